The number of para-hydroxylation sites is 1. The van der Waals surface area contributed by atoms with Crippen molar-refractivity contribution in [1.82, 2.24) is 20.2 Å². The summed E-state index contributed by atoms with van der Waals surface area (Å²) in [6.07, 6.45) is -2.32. The highest BCUT2D eigenvalue weighted by molar-refractivity contribution is 5.85. The quantitative estimate of drug-likeness (QED) is 0.358. The molecule has 5 nitrogen and oxygen atoms in total. The Balaban J connectivity index is 1.66. The number of benzene rings is 1. The molecule has 3 aromatic rings. The predicted molar refractivity (Wildman–Crippen MR) is 115 cm³/mol. The molecule has 2 aromatic heterocycles. The van der Waals surface area contributed by atoms with E-state index in [-0.39, 0.29) is 24.6 Å². The van der Waals surface area contributed by atoms with Crippen molar-refractivity contribution in [1.29, 1.82) is 0 Å². The molecule has 4 rings (SSSR count). The molecule has 1 aliphatic heterocycles. The van der Waals surface area contributed by atoms with Crippen LogP contribution in [-0.2, 0) is 6.42 Å². The molecule has 0 saturated carbocycles. The van der Waals surface area contributed by atoms with E-state index < -0.39 is 31.3 Å². The number of rotatable bonds is 9. The molecule has 0 aliphatic carbocycles. The lowest BCUT2D eigenvalue weighted by molar-refractivity contribution is -0.150. The molecule has 0 saturated heterocycles. The number of ether oxygens (including phenoxy) is 1. The third-order valence-corrected chi connectivity index (χ3v) is 5.68. The second-order valence-corrected chi connectivity index (χ2v) is 7.95. The second kappa shape index (κ2) is 10.0. The van der Waals surface area contributed by atoms with Gasteiger partial charge >= 0.3 is 6.18 Å². The standard InChI is InChI=1S/C23H25F5N4O/c24-8-3-9-29-11-13-33-18-6-10-30-21(19(18)25)22-20-16(7-12-32(22)14-23(26,27)28)15-4-1-2-5-17(15)31-20/h1-2,4-6,10,22,29,31H,3,7-9,11-14H2/t22-/m0/s1. The van der Waals surface area contributed by atoms with Crippen molar-refractivity contribution >= 4 is 10.9 Å². The van der Waals surface area contributed by atoms with Crippen LogP contribution >= 0.6 is 0 Å². The predicted octanol–water partition coefficient (Wildman–Crippen LogP) is 4.54. The number of pyridine rings is 1. The van der Waals surface area contributed by atoms with Crippen LogP contribution in [0.5, 0.6) is 5.75 Å². The lowest BCUT2D eigenvalue weighted by Crippen LogP contribution is -2.42. The Hall–Kier alpha value is -2.72. The smallest absolute Gasteiger partial charge is 0.401 e. The third kappa shape index (κ3) is 5.27. The number of alkyl halides is 4. The van der Waals surface area contributed by atoms with Gasteiger partial charge in [-0.3, -0.25) is 14.3 Å². The fraction of sp³-hybridized carbons (Fsp3) is 0.435. The Labute approximate surface area is 187 Å². The molecule has 0 bridgehead atoms. The average molecular weight is 468 g/mol. The van der Waals surface area contributed by atoms with E-state index in [9.17, 15) is 17.6 Å². The van der Waals surface area contributed by atoms with E-state index in [1.807, 2.05) is 24.3 Å². The van der Waals surface area contributed by atoms with Crippen molar-refractivity contribution in [3.63, 3.8) is 0 Å². The van der Waals surface area contributed by atoms with Gasteiger partial charge in [0.15, 0.2) is 11.6 Å². The van der Waals surface area contributed by atoms with Gasteiger partial charge < -0.3 is 15.0 Å². The minimum Gasteiger partial charge on any atom is -0.489 e. The zero-order chi connectivity index (χ0) is 23.4. The molecule has 0 radical (unpaired) electrons. The molecule has 1 atom stereocenters. The van der Waals surface area contributed by atoms with E-state index >= 15 is 4.39 Å². The summed E-state index contributed by atoms with van der Waals surface area (Å²) in [5, 5.41) is 3.89. The SMILES string of the molecule is FCCCNCCOc1ccnc([C@@H]2c3[nH]c4ccccc4c3CCN2CC(F)(F)F)c1F. The number of aromatic amines is 1. The van der Waals surface area contributed by atoms with Gasteiger partial charge in [0.1, 0.15) is 12.3 Å². The van der Waals surface area contributed by atoms with Crippen molar-refractivity contribution in [2.24, 2.45) is 0 Å². The molecule has 1 aromatic carbocycles. The number of hydrogen-bond acceptors (Lipinski definition) is 4. The Morgan fingerprint density at radius 3 is 2.79 bits per heavy atom. The van der Waals surface area contributed by atoms with Gasteiger partial charge in [-0.2, -0.15) is 13.2 Å². The molecule has 0 fully saturated rings. The normalized spacial score (nSPS) is 16.8. The summed E-state index contributed by atoms with van der Waals surface area (Å²) in [4.78, 5) is 8.54. The van der Waals surface area contributed by atoms with E-state index in [0.29, 0.717) is 31.6 Å². The molecule has 1 aliphatic rings. The van der Waals surface area contributed by atoms with Crippen molar-refractivity contribution in [3.8, 4) is 5.75 Å². The van der Waals surface area contributed by atoms with E-state index in [0.717, 1.165) is 16.5 Å². The van der Waals surface area contributed by atoms with Gasteiger partial charge in [0.25, 0.3) is 0 Å². The molecule has 10 heteroatoms. The van der Waals surface area contributed by atoms with Gasteiger partial charge in [0, 0.05) is 41.9 Å². The van der Waals surface area contributed by atoms with Crippen molar-refractivity contribution in [2.45, 2.75) is 25.1 Å². The number of hydrogen-bond donors (Lipinski definition) is 2. The maximum atomic E-state index is 15.5. The average Bonchev–Trinajstić information content (AvgIpc) is 3.15. The number of fused-ring (bicyclic) bond motifs is 3. The Morgan fingerprint density at radius 2 is 2.00 bits per heavy atom. The van der Waals surface area contributed by atoms with E-state index in [2.05, 4.69) is 15.3 Å². The third-order valence-electron chi connectivity index (χ3n) is 5.68. The van der Waals surface area contributed by atoms with Crippen LogP contribution in [0.2, 0.25) is 0 Å². The summed E-state index contributed by atoms with van der Waals surface area (Å²) >= 11 is 0. The van der Waals surface area contributed by atoms with Crippen LogP contribution in [0, 0.1) is 5.82 Å². The molecule has 2 N–H and O–H groups in total. The largest absolute Gasteiger partial charge is 0.489 e. The topological polar surface area (TPSA) is 53.2 Å². The first-order valence-corrected chi connectivity index (χ1v) is 10.8. The summed E-state index contributed by atoms with van der Waals surface area (Å²) in [6, 6.07) is 7.76. The van der Waals surface area contributed by atoms with Gasteiger partial charge in [-0.05, 0) is 31.0 Å². The summed E-state index contributed by atoms with van der Waals surface area (Å²) in [5.41, 5.74) is 2.06. The van der Waals surface area contributed by atoms with Gasteiger partial charge in [-0.15, -0.1) is 0 Å². The number of H-pyrrole nitrogens is 1. The molecular weight excluding hydrogens is 443 g/mol. The van der Waals surface area contributed by atoms with Crippen LogP contribution in [0.1, 0.15) is 29.4 Å². The fourth-order valence-corrected chi connectivity index (χ4v) is 4.29. The molecule has 0 spiro atoms. The van der Waals surface area contributed by atoms with Gasteiger partial charge in [0.05, 0.1) is 19.3 Å². The Bertz CT molecular complexity index is 1080. The van der Waals surface area contributed by atoms with Crippen LogP contribution in [0.4, 0.5) is 22.0 Å². The highest BCUT2D eigenvalue weighted by Gasteiger charge is 2.40. The lowest BCUT2D eigenvalue weighted by Gasteiger charge is -2.36. The summed E-state index contributed by atoms with van der Waals surface area (Å²) in [6.45, 7) is -0.516. The lowest BCUT2D eigenvalue weighted by atomic mass is 9.94. The monoisotopic (exact) mass is 468 g/mol. The first-order chi connectivity index (χ1) is 15.9. The van der Waals surface area contributed by atoms with E-state index in [1.165, 1.54) is 17.2 Å². The second-order valence-electron chi connectivity index (χ2n) is 7.95. The zero-order valence-electron chi connectivity index (χ0n) is 17.9. The van der Waals surface area contributed by atoms with Gasteiger partial charge in [-0.1, -0.05) is 18.2 Å². The van der Waals surface area contributed by atoms with Crippen molar-refractivity contribution in [3.05, 3.63) is 59.3 Å². The molecule has 178 valence electrons. The van der Waals surface area contributed by atoms with E-state index in [4.69, 9.17) is 4.74 Å². The first-order valence-electron chi connectivity index (χ1n) is 10.8. The first kappa shape index (κ1) is 23.4. The number of halogens is 5. The Morgan fingerprint density at radius 1 is 1.18 bits per heavy atom. The molecule has 0 unspecified atom stereocenters. The number of nitrogens with one attached hydrogen (secondary N) is 2. The van der Waals surface area contributed by atoms with Crippen LogP contribution in [0.15, 0.2) is 36.5 Å². The molecule has 33 heavy (non-hydrogen) atoms. The van der Waals surface area contributed by atoms with Crippen molar-refractivity contribution in [2.75, 3.05) is 39.5 Å². The highest BCUT2D eigenvalue weighted by atomic mass is 19.4. The molecular formula is C23H25F5N4O. The van der Waals surface area contributed by atoms with Crippen molar-refractivity contribution < 1.29 is 26.7 Å². The maximum absolute atomic E-state index is 15.5. The minimum atomic E-state index is -4.45. The van der Waals surface area contributed by atoms with Gasteiger partial charge in [0.2, 0.25) is 0 Å². The van der Waals surface area contributed by atoms with Crippen LogP contribution in [0.3, 0.4) is 0 Å². The number of nitrogens with zero attached hydrogens (tertiary/aromatic N) is 2. The Kier molecular flexibility index (Phi) is 7.14. The van der Waals surface area contributed by atoms with Gasteiger partial charge in [-0.25, -0.2) is 4.39 Å². The van der Waals surface area contributed by atoms with E-state index in [1.54, 1.807) is 0 Å². The fourth-order valence-electron chi connectivity index (χ4n) is 4.29. The number of aromatic nitrogens is 2. The summed E-state index contributed by atoms with van der Waals surface area (Å²) < 4.78 is 73.2. The van der Waals surface area contributed by atoms with Crippen LogP contribution in [-0.4, -0.2) is 60.5 Å². The minimum absolute atomic E-state index is 0.0810. The maximum Gasteiger partial charge on any atom is 0.401 e. The highest BCUT2D eigenvalue weighted by Crippen LogP contribution is 2.40. The zero-order valence-corrected chi connectivity index (χ0v) is 17.9. The molecule has 3 heterocycles. The summed E-state index contributed by atoms with van der Waals surface area (Å²) in [7, 11) is 0. The van der Waals surface area contributed by atoms with Crippen LogP contribution in [0.25, 0.3) is 10.9 Å². The molecule has 0 amide bonds. The summed E-state index contributed by atoms with van der Waals surface area (Å²) in [5.74, 6) is -0.868. The van der Waals surface area contributed by atoms with Crippen LogP contribution < -0.4 is 10.1 Å².